The van der Waals surface area contributed by atoms with E-state index in [0.717, 1.165) is 25.3 Å². The van der Waals surface area contributed by atoms with E-state index in [2.05, 4.69) is 4.57 Å². The predicted molar refractivity (Wildman–Crippen MR) is 73.7 cm³/mol. The minimum Gasteiger partial charge on any atom is -0.332 e. The second kappa shape index (κ2) is 5.43. The molecule has 1 aromatic rings. The van der Waals surface area contributed by atoms with Gasteiger partial charge in [0.25, 0.3) is 0 Å². The second-order valence-electron chi connectivity index (χ2n) is 5.85. The lowest BCUT2D eigenvalue weighted by Gasteiger charge is -2.19. The van der Waals surface area contributed by atoms with Gasteiger partial charge in [-0.2, -0.15) is 0 Å². The first-order valence-corrected chi connectivity index (χ1v) is 7.68. The SMILES string of the molecule is NCCCc1nc(C2CCCC2)n2c1CCCC2. The molecule has 0 radical (unpaired) electrons. The Balaban J connectivity index is 1.90. The molecule has 1 aliphatic heterocycles. The Hall–Kier alpha value is -0.830. The minimum atomic E-state index is 0.744. The largest absolute Gasteiger partial charge is 0.332 e. The molecule has 0 spiro atoms. The fraction of sp³-hybridized carbons (Fsp3) is 0.800. The van der Waals surface area contributed by atoms with Gasteiger partial charge >= 0.3 is 0 Å². The van der Waals surface area contributed by atoms with Crippen molar-refractivity contribution in [3.05, 3.63) is 17.2 Å². The average molecular weight is 247 g/mol. The van der Waals surface area contributed by atoms with Crippen LogP contribution in [0.4, 0.5) is 0 Å². The number of hydrogen-bond acceptors (Lipinski definition) is 2. The lowest BCUT2D eigenvalue weighted by Crippen LogP contribution is -2.15. The van der Waals surface area contributed by atoms with Gasteiger partial charge in [0.05, 0.1) is 5.69 Å². The van der Waals surface area contributed by atoms with E-state index in [1.165, 1.54) is 68.7 Å². The molecule has 1 aromatic heterocycles. The van der Waals surface area contributed by atoms with Gasteiger partial charge in [0.2, 0.25) is 0 Å². The fourth-order valence-corrected chi connectivity index (χ4v) is 3.61. The van der Waals surface area contributed by atoms with E-state index in [4.69, 9.17) is 10.7 Å². The van der Waals surface area contributed by atoms with Crippen LogP contribution in [0.25, 0.3) is 0 Å². The van der Waals surface area contributed by atoms with Gasteiger partial charge in [0.15, 0.2) is 0 Å². The van der Waals surface area contributed by atoms with Crippen molar-refractivity contribution in [3.63, 3.8) is 0 Å². The van der Waals surface area contributed by atoms with E-state index in [-0.39, 0.29) is 0 Å². The topological polar surface area (TPSA) is 43.8 Å². The quantitative estimate of drug-likeness (QED) is 0.889. The average Bonchev–Trinajstić information content (AvgIpc) is 3.04. The summed E-state index contributed by atoms with van der Waals surface area (Å²) < 4.78 is 2.56. The third kappa shape index (κ3) is 2.20. The summed E-state index contributed by atoms with van der Waals surface area (Å²) in [6.07, 6.45) is 11.6. The van der Waals surface area contributed by atoms with E-state index in [9.17, 15) is 0 Å². The Morgan fingerprint density at radius 2 is 2.00 bits per heavy atom. The van der Waals surface area contributed by atoms with Gasteiger partial charge in [-0.25, -0.2) is 4.98 Å². The zero-order valence-electron chi connectivity index (χ0n) is 11.3. The Bertz CT molecular complexity index is 402. The van der Waals surface area contributed by atoms with Crippen LogP contribution in [0, 0.1) is 0 Å². The van der Waals surface area contributed by atoms with E-state index >= 15 is 0 Å². The molecule has 0 aromatic carbocycles. The second-order valence-corrected chi connectivity index (χ2v) is 5.85. The summed E-state index contributed by atoms with van der Waals surface area (Å²) in [5, 5.41) is 0. The molecule has 0 atom stereocenters. The highest BCUT2D eigenvalue weighted by molar-refractivity contribution is 5.22. The van der Waals surface area contributed by atoms with Crippen molar-refractivity contribution in [2.24, 2.45) is 5.73 Å². The minimum absolute atomic E-state index is 0.744. The highest BCUT2D eigenvalue weighted by Gasteiger charge is 2.26. The Labute approximate surface area is 110 Å². The molecule has 0 saturated heterocycles. The number of imidazole rings is 1. The summed E-state index contributed by atoms with van der Waals surface area (Å²) >= 11 is 0. The Morgan fingerprint density at radius 1 is 1.17 bits per heavy atom. The van der Waals surface area contributed by atoms with Gasteiger partial charge in [-0.15, -0.1) is 0 Å². The number of fused-ring (bicyclic) bond motifs is 1. The van der Waals surface area contributed by atoms with Crippen molar-refractivity contribution in [2.75, 3.05) is 6.54 Å². The van der Waals surface area contributed by atoms with E-state index in [0.29, 0.717) is 0 Å². The van der Waals surface area contributed by atoms with Crippen LogP contribution >= 0.6 is 0 Å². The van der Waals surface area contributed by atoms with Crippen molar-refractivity contribution < 1.29 is 0 Å². The number of aryl methyl sites for hydroxylation is 1. The first-order chi connectivity index (χ1) is 8.90. The van der Waals surface area contributed by atoms with Crippen LogP contribution in [0.3, 0.4) is 0 Å². The molecular weight excluding hydrogens is 222 g/mol. The fourth-order valence-electron chi connectivity index (χ4n) is 3.61. The zero-order valence-corrected chi connectivity index (χ0v) is 11.3. The summed E-state index contributed by atoms with van der Waals surface area (Å²) in [6, 6.07) is 0. The number of nitrogens with zero attached hydrogens (tertiary/aromatic N) is 2. The molecule has 18 heavy (non-hydrogen) atoms. The molecule has 0 bridgehead atoms. The van der Waals surface area contributed by atoms with Crippen LogP contribution < -0.4 is 5.73 Å². The van der Waals surface area contributed by atoms with Crippen molar-refractivity contribution in [1.82, 2.24) is 9.55 Å². The van der Waals surface area contributed by atoms with Gasteiger partial charge in [-0.1, -0.05) is 12.8 Å². The predicted octanol–water partition coefficient (Wildman–Crippen LogP) is 2.77. The van der Waals surface area contributed by atoms with Gasteiger partial charge in [-0.3, -0.25) is 0 Å². The maximum atomic E-state index is 5.65. The number of nitrogens with two attached hydrogens (primary N) is 1. The van der Waals surface area contributed by atoms with Crippen LogP contribution in [0.5, 0.6) is 0 Å². The summed E-state index contributed by atoms with van der Waals surface area (Å²) in [6.45, 7) is 1.99. The molecule has 3 rings (SSSR count). The van der Waals surface area contributed by atoms with Crippen molar-refractivity contribution in [3.8, 4) is 0 Å². The Kier molecular flexibility index (Phi) is 3.69. The van der Waals surface area contributed by atoms with Crippen LogP contribution in [0.1, 0.15) is 68.1 Å². The van der Waals surface area contributed by atoms with Gasteiger partial charge in [0, 0.05) is 18.2 Å². The molecule has 2 heterocycles. The molecule has 3 heteroatoms. The number of aromatic nitrogens is 2. The maximum Gasteiger partial charge on any atom is 0.112 e. The smallest absolute Gasteiger partial charge is 0.112 e. The lowest BCUT2D eigenvalue weighted by molar-refractivity contribution is 0.491. The van der Waals surface area contributed by atoms with E-state index in [1.54, 1.807) is 0 Å². The van der Waals surface area contributed by atoms with Crippen LogP contribution in [-0.2, 0) is 19.4 Å². The summed E-state index contributed by atoms with van der Waals surface area (Å²) in [5.41, 5.74) is 8.55. The molecular formula is C15H25N3. The van der Waals surface area contributed by atoms with Crippen molar-refractivity contribution in [2.45, 2.75) is 70.3 Å². The van der Waals surface area contributed by atoms with Crippen LogP contribution in [0.15, 0.2) is 0 Å². The third-order valence-corrected chi connectivity index (χ3v) is 4.57. The molecule has 1 fully saturated rings. The lowest BCUT2D eigenvalue weighted by atomic mass is 10.0. The Morgan fingerprint density at radius 3 is 2.78 bits per heavy atom. The van der Waals surface area contributed by atoms with E-state index in [1.807, 2.05) is 0 Å². The number of hydrogen-bond donors (Lipinski definition) is 1. The molecule has 0 unspecified atom stereocenters. The first kappa shape index (κ1) is 12.2. The first-order valence-electron chi connectivity index (χ1n) is 7.68. The monoisotopic (exact) mass is 247 g/mol. The standard InChI is InChI=1S/C15H25N3/c16-10-5-8-13-14-9-3-4-11-18(14)15(17-13)12-6-1-2-7-12/h12H,1-11,16H2. The molecule has 3 nitrogen and oxygen atoms in total. The third-order valence-electron chi connectivity index (χ3n) is 4.57. The molecule has 1 saturated carbocycles. The molecule has 1 aliphatic carbocycles. The van der Waals surface area contributed by atoms with Crippen LogP contribution in [-0.4, -0.2) is 16.1 Å². The molecule has 2 N–H and O–H groups in total. The van der Waals surface area contributed by atoms with E-state index < -0.39 is 0 Å². The normalized spacial score (nSPS) is 20.3. The van der Waals surface area contributed by atoms with Crippen molar-refractivity contribution >= 4 is 0 Å². The molecule has 100 valence electrons. The van der Waals surface area contributed by atoms with Gasteiger partial charge in [0.1, 0.15) is 5.82 Å². The van der Waals surface area contributed by atoms with Gasteiger partial charge < -0.3 is 10.3 Å². The van der Waals surface area contributed by atoms with Gasteiger partial charge in [-0.05, 0) is 51.5 Å². The van der Waals surface area contributed by atoms with Crippen LogP contribution in [0.2, 0.25) is 0 Å². The maximum absolute atomic E-state index is 5.65. The highest BCUT2D eigenvalue weighted by atomic mass is 15.1. The zero-order chi connectivity index (χ0) is 12.4. The summed E-state index contributed by atoms with van der Waals surface area (Å²) in [7, 11) is 0. The molecule has 0 amide bonds. The number of rotatable bonds is 4. The summed E-state index contributed by atoms with van der Waals surface area (Å²) in [4.78, 5) is 5.02. The summed E-state index contributed by atoms with van der Waals surface area (Å²) in [5.74, 6) is 2.16. The van der Waals surface area contributed by atoms with Crippen molar-refractivity contribution in [1.29, 1.82) is 0 Å². The molecule has 2 aliphatic rings. The highest BCUT2D eigenvalue weighted by Crippen LogP contribution is 2.36.